The van der Waals surface area contributed by atoms with Crippen LogP contribution in [-0.4, -0.2) is 43.0 Å². The van der Waals surface area contributed by atoms with Gasteiger partial charge in [0.25, 0.3) is 0 Å². The zero-order valence-corrected chi connectivity index (χ0v) is 11.0. The number of aromatic hydroxyl groups is 1. The number of phenols is 1. The van der Waals surface area contributed by atoms with Crippen molar-refractivity contribution in [2.24, 2.45) is 0 Å². The van der Waals surface area contributed by atoms with E-state index in [-0.39, 0.29) is 11.5 Å². The first-order valence-corrected chi connectivity index (χ1v) is 5.41. The highest BCUT2D eigenvalue weighted by atomic mass is 16.5. The van der Waals surface area contributed by atoms with Crippen LogP contribution in [0.15, 0.2) is 18.2 Å². The van der Waals surface area contributed by atoms with Crippen molar-refractivity contribution in [3.8, 4) is 11.5 Å². The Hall–Kier alpha value is -2.44. The molecule has 0 unspecified atom stereocenters. The van der Waals surface area contributed by atoms with Crippen molar-refractivity contribution in [3.05, 3.63) is 23.8 Å². The van der Waals surface area contributed by atoms with Gasteiger partial charge in [-0.05, 0) is 25.1 Å². The average Bonchev–Trinajstić information content (AvgIpc) is 2.40. The Balaban J connectivity index is 0.000000555. The molecule has 0 aromatic heterocycles. The van der Waals surface area contributed by atoms with E-state index in [1.807, 2.05) is 5.32 Å². The molecule has 19 heavy (non-hydrogen) atoms. The van der Waals surface area contributed by atoms with E-state index in [0.29, 0.717) is 12.2 Å². The normalized spacial score (nSPS) is 8.79. The van der Waals surface area contributed by atoms with Gasteiger partial charge in [-0.15, -0.1) is 0 Å². The van der Waals surface area contributed by atoms with Crippen molar-refractivity contribution in [2.45, 2.75) is 6.92 Å². The third kappa shape index (κ3) is 6.16. The number of ether oxygens (including phenoxy) is 2. The van der Waals surface area contributed by atoms with Crippen LogP contribution in [0.25, 0.3) is 0 Å². The number of carbonyl (C=O) groups is 2. The van der Waals surface area contributed by atoms with Crippen LogP contribution in [-0.2, 0) is 4.74 Å². The minimum atomic E-state index is -0.995. The number of amides is 1. The molecule has 1 aromatic rings. The summed E-state index contributed by atoms with van der Waals surface area (Å²) in [7, 11) is 2.77. The molecule has 106 valence electrons. The lowest BCUT2D eigenvalue weighted by Crippen LogP contribution is -2.13. The standard InChI is InChI=1S/C10H12O4.C2H5NO2/c1-3-14-10(12)7-4-5-8(11)9(6-7)13-2;1-3-2(4)5/h4-6,11H,3H2,1-2H3;3H,1H3,(H,4,5). The van der Waals surface area contributed by atoms with Crippen molar-refractivity contribution < 1.29 is 29.3 Å². The van der Waals surface area contributed by atoms with E-state index in [9.17, 15) is 14.7 Å². The van der Waals surface area contributed by atoms with Crippen LogP contribution in [0.1, 0.15) is 17.3 Å². The Morgan fingerprint density at radius 3 is 2.37 bits per heavy atom. The lowest BCUT2D eigenvalue weighted by molar-refractivity contribution is 0.0526. The molecule has 0 bridgehead atoms. The van der Waals surface area contributed by atoms with Gasteiger partial charge >= 0.3 is 12.1 Å². The van der Waals surface area contributed by atoms with E-state index in [1.165, 1.54) is 32.4 Å². The Bertz CT molecular complexity index is 432. The Labute approximate surface area is 110 Å². The first-order chi connectivity index (χ1) is 8.96. The summed E-state index contributed by atoms with van der Waals surface area (Å²) in [6, 6.07) is 4.31. The molecule has 7 heteroatoms. The molecule has 0 spiro atoms. The van der Waals surface area contributed by atoms with Gasteiger partial charge in [0.05, 0.1) is 19.3 Å². The molecule has 0 heterocycles. The zero-order valence-electron chi connectivity index (χ0n) is 11.0. The smallest absolute Gasteiger partial charge is 0.404 e. The summed E-state index contributed by atoms with van der Waals surface area (Å²) in [5.74, 6) is -0.165. The van der Waals surface area contributed by atoms with Gasteiger partial charge in [0.2, 0.25) is 0 Å². The largest absolute Gasteiger partial charge is 0.504 e. The zero-order chi connectivity index (χ0) is 14.8. The van der Waals surface area contributed by atoms with Crippen LogP contribution in [0.4, 0.5) is 4.79 Å². The number of benzene rings is 1. The number of hydrogen-bond donors (Lipinski definition) is 3. The molecule has 0 radical (unpaired) electrons. The average molecular weight is 271 g/mol. The van der Waals surface area contributed by atoms with Gasteiger partial charge in [-0.25, -0.2) is 9.59 Å². The summed E-state index contributed by atoms with van der Waals surface area (Å²) in [5, 5.41) is 18.8. The predicted octanol–water partition coefficient (Wildman–Crippen LogP) is 1.46. The molecule has 0 aliphatic rings. The van der Waals surface area contributed by atoms with Gasteiger partial charge in [0.15, 0.2) is 11.5 Å². The number of carbonyl (C=O) groups excluding carboxylic acids is 1. The van der Waals surface area contributed by atoms with Crippen molar-refractivity contribution in [1.82, 2.24) is 5.32 Å². The molecule has 7 nitrogen and oxygen atoms in total. The van der Waals surface area contributed by atoms with Crippen molar-refractivity contribution >= 4 is 12.1 Å². The number of carboxylic acid groups (broad SMARTS) is 1. The number of hydrogen-bond acceptors (Lipinski definition) is 5. The Morgan fingerprint density at radius 1 is 1.37 bits per heavy atom. The molecule has 1 aromatic carbocycles. The molecule has 0 fully saturated rings. The Morgan fingerprint density at radius 2 is 1.95 bits per heavy atom. The second-order valence-electron chi connectivity index (χ2n) is 3.16. The third-order valence-electron chi connectivity index (χ3n) is 1.90. The van der Waals surface area contributed by atoms with Gasteiger partial charge in [0.1, 0.15) is 0 Å². The van der Waals surface area contributed by atoms with E-state index < -0.39 is 12.1 Å². The van der Waals surface area contributed by atoms with Crippen molar-refractivity contribution in [1.29, 1.82) is 0 Å². The van der Waals surface area contributed by atoms with Crippen LogP contribution in [0.3, 0.4) is 0 Å². The van der Waals surface area contributed by atoms with Crippen LogP contribution < -0.4 is 10.1 Å². The van der Waals surface area contributed by atoms with Crippen LogP contribution in [0.2, 0.25) is 0 Å². The van der Waals surface area contributed by atoms with Gasteiger partial charge in [0, 0.05) is 7.05 Å². The molecule has 0 aliphatic carbocycles. The van der Waals surface area contributed by atoms with E-state index in [4.69, 9.17) is 14.6 Å². The molecule has 1 amide bonds. The van der Waals surface area contributed by atoms with Gasteiger partial charge < -0.3 is 25.0 Å². The fourth-order valence-corrected chi connectivity index (χ4v) is 1.02. The summed E-state index contributed by atoms with van der Waals surface area (Å²) < 4.78 is 9.65. The second-order valence-corrected chi connectivity index (χ2v) is 3.16. The molecule has 0 saturated heterocycles. The van der Waals surface area contributed by atoms with Gasteiger partial charge in [-0.2, -0.15) is 0 Å². The number of nitrogens with one attached hydrogen (secondary N) is 1. The third-order valence-corrected chi connectivity index (χ3v) is 1.90. The fraction of sp³-hybridized carbons (Fsp3) is 0.333. The summed E-state index contributed by atoms with van der Waals surface area (Å²) in [5.41, 5.74) is 0.363. The number of esters is 1. The van der Waals surface area contributed by atoms with Crippen LogP contribution >= 0.6 is 0 Å². The highest BCUT2D eigenvalue weighted by Gasteiger charge is 2.09. The van der Waals surface area contributed by atoms with Crippen LogP contribution in [0.5, 0.6) is 11.5 Å². The van der Waals surface area contributed by atoms with Crippen molar-refractivity contribution in [2.75, 3.05) is 20.8 Å². The van der Waals surface area contributed by atoms with Crippen molar-refractivity contribution in [3.63, 3.8) is 0 Å². The number of rotatable bonds is 3. The summed E-state index contributed by atoms with van der Waals surface area (Å²) >= 11 is 0. The second kappa shape index (κ2) is 8.62. The van der Waals surface area contributed by atoms with E-state index in [2.05, 4.69) is 0 Å². The molecule has 0 atom stereocenters. The molecular weight excluding hydrogens is 254 g/mol. The van der Waals surface area contributed by atoms with Crippen LogP contribution in [0, 0.1) is 0 Å². The minimum absolute atomic E-state index is 0.000508. The first kappa shape index (κ1) is 16.6. The first-order valence-electron chi connectivity index (χ1n) is 5.41. The van der Waals surface area contributed by atoms with E-state index in [0.717, 1.165) is 0 Å². The number of methoxy groups -OCH3 is 1. The Kier molecular flexibility index (Phi) is 7.51. The molecule has 1 rings (SSSR count). The number of phenolic OH excluding ortho intramolecular Hbond substituents is 1. The SMILES string of the molecule is CCOC(=O)c1ccc(O)c(OC)c1.CNC(=O)O. The molecule has 0 saturated carbocycles. The lowest BCUT2D eigenvalue weighted by atomic mass is 10.2. The lowest BCUT2D eigenvalue weighted by Gasteiger charge is -2.05. The van der Waals surface area contributed by atoms with E-state index >= 15 is 0 Å². The molecule has 3 N–H and O–H groups in total. The highest BCUT2D eigenvalue weighted by molar-refractivity contribution is 5.90. The van der Waals surface area contributed by atoms with Gasteiger partial charge in [-0.3, -0.25) is 0 Å². The molecular formula is C12H17NO6. The maximum Gasteiger partial charge on any atom is 0.404 e. The van der Waals surface area contributed by atoms with Gasteiger partial charge in [-0.1, -0.05) is 0 Å². The van der Waals surface area contributed by atoms with E-state index in [1.54, 1.807) is 6.92 Å². The summed E-state index contributed by atoms with van der Waals surface area (Å²) in [6.45, 7) is 2.05. The fourth-order valence-electron chi connectivity index (χ4n) is 1.02. The quantitative estimate of drug-likeness (QED) is 0.719. The highest BCUT2D eigenvalue weighted by Crippen LogP contribution is 2.26. The minimum Gasteiger partial charge on any atom is -0.504 e. The molecule has 0 aliphatic heterocycles. The monoisotopic (exact) mass is 271 g/mol. The summed E-state index contributed by atoms with van der Waals surface area (Å²) in [6.07, 6.45) is -0.995. The maximum atomic E-state index is 11.3. The summed E-state index contributed by atoms with van der Waals surface area (Å²) in [4.78, 5) is 20.5. The maximum absolute atomic E-state index is 11.3. The topological polar surface area (TPSA) is 105 Å². The predicted molar refractivity (Wildman–Crippen MR) is 67.7 cm³/mol.